The maximum Gasteiger partial charge on any atom is 0.190 e. The second-order valence-corrected chi connectivity index (χ2v) is 5.30. The van der Waals surface area contributed by atoms with Gasteiger partial charge in [-0.15, -0.1) is 24.0 Å². The molecule has 0 radical (unpaired) electrons. The van der Waals surface area contributed by atoms with E-state index in [0.717, 1.165) is 49.4 Å². The summed E-state index contributed by atoms with van der Waals surface area (Å²) in [6.07, 6.45) is 0. The van der Waals surface area contributed by atoms with Gasteiger partial charge < -0.3 is 15.4 Å². The first-order valence-electron chi connectivity index (χ1n) is 7.21. The first-order chi connectivity index (χ1) is 10.3. The molecule has 1 aromatic rings. The molecule has 1 heterocycles. The Kier molecular flexibility index (Phi) is 9.08. The Balaban J connectivity index is 0.00000242. The van der Waals surface area contributed by atoms with Crippen LogP contribution >= 0.6 is 35.6 Å². The molecule has 1 atom stereocenters. The number of guanidine groups is 1. The second-order valence-electron chi connectivity index (χ2n) is 4.89. The van der Waals surface area contributed by atoms with E-state index in [1.165, 1.54) is 0 Å². The second kappa shape index (κ2) is 10.3. The Morgan fingerprint density at radius 1 is 1.36 bits per heavy atom. The number of ether oxygens (including phenoxy) is 1. The topological polar surface area (TPSA) is 48.9 Å². The molecule has 0 amide bonds. The summed E-state index contributed by atoms with van der Waals surface area (Å²) in [7, 11) is 3.62. The molecule has 1 saturated heterocycles. The SMILES string of the molecule is CN=C(NC)NCC(c1ccccc1Cl)N1CCOCC1.I. The van der Waals surface area contributed by atoms with Gasteiger partial charge in [-0.2, -0.15) is 0 Å². The van der Waals surface area contributed by atoms with Gasteiger partial charge in [0.25, 0.3) is 0 Å². The van der Waals surface area contributed by atoms with E-state index in [9.17, 15) is 0 Å². The van der Waals surface area contributed by atoms with Gasteiger partial charge in [0.1, 0.15) is 0 Å². The molecule has 0 aliphatic carbocycles. The third kappa shape index (κ3) is 5.26. The van der Waals surface area contributed by atoms with E-state index in [1.807, 2.05) is 25.2 Å². The highest BCUT2D eigenvalue weighted by Gasteiger charge is 2.24. The fourth-order valence-electron chi connectivity index (χ4n) is 2.54. The highest BCUT2D eigenvalue weighted by molar-refractivity contribution is 14.0. The van der Waals surface area contributed by atoms with E-state index in [0.29, 0.717) is 0 Å². The highest BCUT2D eigenvalue weighted by atomic mass is 127. The lowest BCUT2D eigenvalue weighted by atomic mass is 10.0. The van der Waals surface area contributed by atoms with Gasteiger partial charge in [0.15, 0.2) is 5.96 Å². The first-order valence-corrected chi connectivity index (χ1v) is 7.58. The zero-order valence-corrected chi connectivity index (χ0v) is 16.1. The zero-order valence-electron chi connectivity index (χ0n) is 13.0. The summed E-state index contributed by atoms with van der Waals surface area (Å²) in [6.45, 7) is 4.10. The molecule has 0 aromatic heterocycles. The third-order valence-corrected chi connectivity index (χ3v) is 4.02. The number of halogens is 2. The molecule has 2 rings (SSSR count). The van der Waals surface area contributed by atoms with Gasteiger partial charge in [0.2, 0.25) is 0 Å². The zero-order chi connectivity index (χ0) is 15.1. The summed E-state index contributed by atoms with van der Waals surface area (Å²) in [4.78, 5) is 6.56. The van der Waals surface area contributed by atoms with E-state index in [4.69, 9.17) is 16.3 Å². The van der Waals surface area contributed by atoms with E-state index in [1.54, 1.807) is 7.05 Å². The molecule has 0 bridgehead atoms. The van der Waals surface area contributed by atoms with Crippen LogP contribution in [0.25, 0.3) is 0 Å². The lowest BCUT2D eigenvalue weighted by molar-refractivity contribution is 0.0170. The molecule has 0 spiro atoms. The Morgan fingerprint density at radius 3 is 2.64 bits per heavy atom. The van der Waals surface area contributed by atoms with Crippen LogP contribution in [0.5, 0.6) is 0 Å². The minimum atomic E-state index is 0. The minimum absolute atomic E-state index is 0. The largest absolute Gasteiger partial charge is 0.379 e. The predicted octanol–water partition coefficient (Wildman–Crippen LogP) is 2.13. The van der Waals surface area contributed by atoms with Gasteiger partial charge in [-0.05, 0) is 11.6 Å². The van der Waals surface area contributed by atoms with Gasteiger partial charge in [-0.3, -0.25) is 9.89 Å². The van der Waals surface area contributed by atoms with Crippen LogP contribution < -0.4 is 10.6 Å². The van der Waals surface area contributed by atoms with Crippen molar-refractivity contribution in [1.29, 1.82) is 0 Å². The maximum absolute atomic E-state index is 6.39. The highest BCUT2D eigenvalue weighted by Crippen LogP contribution is 2.27. The fraction of sp³-hybridized carbons (Fsp3) is 0.533. The van der Waals surface area contributed by atoms with Gasteiger partial charge >= 0.3 is 0 Å². The molecule has 1 aromatic carbocycles. The molecule has 2 N–H and O–H groups in total. The van der Waals surface area contributed by atoms with Crippen LogP contribution in [0.4, 0.5) is 0 Å². The van der Waals surface area contributed by atoms with E-state index in [-0.39, 0.29) is 30.0 Å². The molecule has 124 valence electrons. The van der Waals surface area contributed by atoms with Crippen molar-refractivity contribution < 1.29 is 4.74 Å². The first kappa shape index (κ1) is 19.5. The molecule has 7 heteroatoms. The van der Waals surface area contributed by atoms with Crippen LogP contribution in [0.1, 0.15) is 11.6 Å². The summed E-state index contributed by atoms with van der Waals surface area (Å²) < 4.78 is 5.45. The Morgan fingerprint density at radius 2 is 2.05 bits per heavy atom. The van der Waals surface area contributed by atoms with Crippen molar-refractivity contribution in [3.63, 3.8) is 0 Å². The van der Waals surface area contributed by atoms with Gasteiger partial charge in [0.05, 0.1) is 19.3 Å². The van der Waals surface area contributed by atoms with Crippen LogP contribution in [0.15, 0.2) is 29.3 Å². The predicted molar refractivity (Wildman–Crippen MR) is 102 cm³/mol. The molecular formula is C15H24ClIN4O. The number of hydrogen-bond donors (Lipinski definition) is 2. The number of benzene rings is 1. The monoisotopic (exact) mass is 438 g/mol. The number of hydrogen-bond acceptors (Lipinski definition) is 3. The van der Waals surface area contributed by atoms with Crippen molar-refractivity contribution in [2.24, 2.45) is 4.99 Å². The summed E-state index contributed by atoms with van der Waals surface area (Å²) in [5.41, 5.74) is 1.14. The lowest BCUT2D eigenvalue weighted by Crippen LogP contribution is -2.45. The number of nitrogens with zero attached hydrogens (tertiary/aromatic N) is 2. The number of morpholine rings is 1. The van der Waals surface area contributed by atoms with Crippen LogP contribution in [-0.4, -0.2) is 57.8 Å². The summed E-state index contributed by atoms with van der Waals surface area (Å²) >= 11 is 6.39. The van der Waals surface area contributed by atoms with E-state index >= 15 is 0 Å². The molecule has 1 aliphatic rings. The van der Waals surface area contributed by atoms with Crippen LogP contribution in [-0.2, 0) is 4.74 Å². The van der Waals surface area contributed by atoms with Crippen molar-refractivity contribution in [1.82, 2.24) is 15.5 Å². The minimum Gasteiger partial charge on any atom is -0.379 e. The molecular weight excluding hydrogens is 415 g/mol. The van der Waals surface area contributed by atoms with E-state index < -0.39 is 0 Å². The van der Waals surface area contributed by atoms with Crippen molar-refractivity contribution in [3.05, 3.63) is 34.9 Å². The third-order valence-electron chi connectivity index (χ3n) is 3.67. The summed E-state index contributed by atoms with van der Waals surface area (Å²) in [6, 6.07) is 8.22. The molecule has 5 nitrogen and oxygen atoms in total. The Labute approximate surface area is 154 Å². The van der Waals surface area contributed by atoms with Crippen molar-refractivity contribution in [2.45, 2.75) is 6.04 Å². The van der Waals surface area contributed by atoms with Crippen molar-refractivity contribution in [3.8, 4) is 0 Å². The smallest absolute Gasteiger partial charge is 0.190 e. The summed E-state index contributed by atoms with van der Waals surface area (Å²) in [5, 5.41) is 7.18. The van der Waals surface area contributed by atoms with Crippen LogP contribution in [0.2, 0.25) is 5.02 Å². The summed E-state index contributed by atoms with van der Waals surface area (Å²) in [5.74, 6) is 0.778. The molecule has 22 heavy (non-hydrogen) atoms. The Bertz CT molecular complexity index is 480. The molecule has 1 unspecified atom stereocenters. The van der Waals surface area contributed by atoms with Crippen molar-refractivity contribution >= 4 is 41.5 Å². The molecule has 1 fully saturated rings. The lowest BCUT2D eigenvalue weighted by Gasteiger charge is -2.35. The normalized spacial score (nSPS) is 17.5. The van der Waals surface area contributed by atoms with Gasteiger partial charge in [0, 0.05) is 38.8 Å². The van der Waals surface area contributed by atoms with Gasteiger partial charge in [-0.25, -0.2) is 0 Å². The Hall–Kier alpha value is -0.570. The number of nitrogens with one attached hydrogen (secondary N) is 2. The van der Waals surface area contributed by atoms with Crippen molar-refractivity contribution in [2.75, 3.05) is 46.9 Å². The van der Waals surface area contributed by atoms with Crippen LogP contribution in [0, 0.1) is 0 Å². The van der Waals surface area contributed by atoms with Gasteiger partial charge in [-0.1, -0.05) is 29.8 Å². The average Bonchev–Trinajstić information content (AvgIpc) is 2.54. The average molecular weight is 439 g/mol. The number of rotatable bonds is 4. The standard InChI is InChI=1S/C15H23ClN4O.HI/c1-17-15(18-2)19-11-14(20-7-9-21-10-8-20)12-5-3-4-6-13(12)16;/h3-6,14H,7-11H2,1-2H3,(H2,17,18,19);1H. The molecule has 1 aliphatic heterocycles. The number of aliphatic imine (C=N–C) groups is 1. The fourth-order valence-corrected chi connectivity index (χ4v) is 2.80. The quantitative estimate of drug-likeness (QED) is 0.430. The molecule has 0 saturated carbocycles. The maximum atomic E-state index is 6.39. The van der Waals surface area contributed by atoms with Crippen LogP contribution in [0.3, 0.4) is 0 Å². The van der Waals surface area contributed by atoms with E-state index in [2.05, 4.69) is 26.6 Å².